The van der Waals surface area contributed by atoms with Crippen LogP contribution in [0.5, 0.6) is 0 Å². The van der Waals surface area contributed by atoms with Crippen molar-refractivity contribution in [3.8, 4) is 0 Å². The van der Waals surface area contributed by atoms with Gasteiger partial charge in [0, 0.05) is 17.8 Å². The van der Waals surface area contributed by atoms with Crippen molar-refractivity contribution >= 4 is 10.9 Å². The van der Waals surface area contributed by atoms with Gasteiger partial charge in [-0.2, -0.15) is 0 Å². The van der Waals surface area contributed by atoms with E-state index in [1.807, 2.05) is 0 Å². The van der Waals surface area contributed by atoms with Crippen LogP contribution in [0.25, 0.3) is 10.9 Å². The molecular weight excluding hydrogens is 196 g/mol. The van der Waals surface area contributed by atoms with E-state index >= 15 is 0 Å². The van der Waals surface area contributed by atoms with Gasteiger partial charge in [0.25, 0.3) is 0 Å². The van der Waals surface area contributed by atoms with Gasteiger partial charge in [0.1, 0.15) is 0 Å². The molecule has 1 aromatic heterocycles. The van der Waals surface area contributed by atoms with Crippen molar-refractivity contribution in [1.82, 2.24) is 9.88 Å². The Hall–Kier alpha value is -1.28. The Morgan fingerprint density at radius 3 is 3.00 bits per heavy atom. The summed E-state index contributed by atoms with van der Waals surface area (Å²) in [5, 5.41) is 4.93. The molecule has 2 heteroatoms. The highest BCUT2D eigenvalue weighted by Crippen LogP contribution is 2.32. The smallest absolute Gasteiger partial charge is 0.0482 e. The van der Waals surface area contributed by atoms with Crippen LogP contribution in [0.3, 0.4) is 0 Å². The SMILES string of the molecule is c1ccc2c(c1)cc1n2C[C@H]2CNC[C@H]2C1. The number of aromatic nitrogens is 1. The zero-order valence-electron chi connectivity index (χ0n) is 9.32. The molecule has 0 aliphatic carbocycles. The number of nitrogens with zero attached hydrogens (tertiary/aromatic N) is 1. The standard InChI is InChI=1S/C14H16N2/c1-2-4-14-10(3-1)5-13-6-11-7-15-8-12(11)9-16(13)14/h1-5,11-12,15H,6-9H2/t11-,12-/m1/s1. The Morgan fingerprint density at radius 2 is 2.00 bits per heavy atom. The largest absolute Gasteiger partial charge is 0.344 e. The minimum Gasteiger partial charge on any atom is -0.344 e. The van der Waals surface area contributed by atoms with Gasteiger partial charge in [-0.05, 0) is 48.9 Å². The van der Waals surface area contributed by atoms with Crippen LogP contribution in [0, 0.1) is 11.8 Å². The van der Waals surface area contributed by atoms with Gasteiger partial charge in [-0.15, -0.1) is 0 Å². The third kappa shape index (κ3) is 1.11. The number of nitrogens with one attached hydrogen (secondary N) is 1. The zero-order chi connectivity index (χ0) is 10.5. The van der Waals surface area contributed by atoms with E-state index in [2.05, 4.69) is 40.2 Å². The lowest BCUT2D eigenvalue weighted by Crippen LogP contribution is -2.27. The van der Waals surface area contributed by atoms with Gasteiger partial charge in [0.2, 0.25) is 0 Å². The molecule has 16 heavy (non-hydrogen) atoms. The molecule has 2 aliphatic heterocycles. The molecule has 2 aromatic rings. The first kappa shape index (κ1) is 8.82. The summed E-state index contributed by atoms with van der Waals surface area (Å²) in [5.74, 6) is 1.72. The Morgan fingerprint density at radius 1 is 1.12 bits per heavy atom. The minimum absolute atomic E-state index is 0.850. The molecular formula is C14H16N2. The third-order valence-corrected chi connectivity index (χ3v) is 4.26. The van der Waals surface area contributed by atoms with E-state index in [1.54, 1.807) is 0 Å². The van der Waals surface area contributed by atoms with Gasteiger partial charge in [-0.1, -0.05) is 18.2 Å². The van der Waals surface area contributed by atoms with Crippen LogP contribution in [0.15, 0.2) is 30.3 Å². The maximum atomic E-state index is 3.52. The highest BCUT2D eigenvalue weighted by molar-refractivity contribution is 5.81. The van der Waals surface area contributed by atoms with E-state index in [0.29, 0.717) is 0 Å². The lowest BCUT2D eigenvalue weighted by molar-refractivity contribution is 0.324. The molecule has 0 bridgehead atoms. The van der Waals surface area contributed by atoms with Crippen molar-refractivity contribution in [2.45, 2.75) is 13.0 Å². The Labute approximate surface area is 95.3 Å². The van der Waals surface area contributed by atoms with Crippen molar-refractivity contribution in [2.75, 3.05) is 13.1 Å². The molecule has 0 radical (unpaired) electrons. The second kappa shape index (κ2) is 3.11. The van der Waals surface area contributed by atoms with E-state index in [1.165, 1.54) is 42.7 Å². The predicted molar refractivity (Wildman–Crippen MR) is 65.5 cm³/mol. The molecule has 2 nitrogen and oxygen atoms in total. The zero-order valence-corrected chi connectivity index (χ0v) is 9.32. The lowest BCUT2D eigenvalue weighted by Gasteiger charge is -2.27. The molecule has 1 fully saturated rings. The van der Waals surface area contributed by atoms with E-state index in [0.717, 1.165) is 11.8 Å². The second-order valence-electron chi connectivity index (χ2n) is 5.19. The summed E-state index contributed by atoms with van der Waals surface area (Å²) in [6.45, 7) is 3.63. The average molecular weight is 212 g/mol. The fourth-order valence-electron chi connectivity index (χ4n) is 3.40. The molecule has 0 amide bonds. The number of rotatable bonds is 0. The van der Waals surface area contributed by atoms with Gasteiger partial charge in [-0.25, -0.2) is 0 Å². The summed E-state index contributed by atoms with van der Waals surface area (Å²) >= 11 is 0. The summed E-state index contributed by atoms with van der Waals surface area (Å²) in [4.78, 5) is 0. The fourth-order valence-corrected chi connectivity index (χ4v) is 3.40. The molecule has 2 atom stereocenters. The molecule has 3 heterocycles. The highest BCUT2D eigenvalue weighted by Gasteiger charge is 2.32. The monoisotopic (exact) mass is 212 g/mol. The van der Waals surface area contributed by atoms with E-state index in [4.69, 9.17) is 0 Å². The topological polar surface area (TPSA) is 17.0 Å². The molecule has 82 valence electrons. The molecule has 0 unspecified atom stereocenters. The number of benzene rings is 1. The number of hydrogen-bond acceptors (Lipinski definition) is 1. The van der Waals surface area contributed by atoms with Crippen LogP contribution < -0.4 is 5.32 Å². The molecule has 2 aliphatic rings. The van der Waals surface area contributed by atoms with Crippen molar-refractivity contribution < 1.29 is 0 Å². The van der Waals surface area contributed by atoms with Gasteiger partial charge >= 0.3 is 0 Å². The van der Waals surface area contributed by atoms with E-state index in [-0.39, 0.29) is 0 Å². The molecule has 1 saturated heterocycles. The van der Waals surface area contributed by atoms with Crippen LogP contribution >= 0.6 is 0 Å². The van der Waals surface area contributed by atoms with Gasteiger partial charge in [0.15, 0.2) is 0 Å². The number of para-hydroxylation sites is 1. The fraction of sp³-hybridized carbons (Fsp3) is 0.429. The first-order valence-electron chi connectivity index (χ1n) is 6.20. The Balaban J connectivity index is 1.89. The van der Waals surface area contributed by atoms with Crippen molar-refractivity contribution in [3.63, 3.8) is 0 Å². The van der Waals surface area contributed by atoms with Gasteiger partial charge in [-0.3, -0.25) is 0 Å². The van der Waals surface area contributed by atoms with Crippen LogP contribution in [-0.4, -0.2) is 17.7 Å². The van der Waals surface area contributed by atoms with E-state index in [9.17, 15) is 0 Å². The summed E-state index contributed by atoms with van der Waals surface area (Å²) in [5.41, 5.74) is 2.95. The van der Waals surface area contributed by atoms with Crippen LogP contribution in [0.4, 0.5) is 0 Å². The van der Waals surface area contributed by atoms with Crippen molar-refractivity contribution in [3.05, 3.63) is 36.0 Å². The second-order valence-corrected chi connectivity index (χ2v) is 5.19. The summed E-state index contributed by atoms with van der Waals surface area (Å²) in [6.07, 6.45) is 1.26. The van der Waals surface area contributed by atoms with Crippen molar-refractivity contribution in [1.29, 1.82) is 0 Å². The van der Waals surface area contributed by atoms with Gasteiger partial charge < -0.3 is 9.88 Å². The number of hydrogen-bond donors (Lipinski definition) is 1. The predicted octanol–water partition coefficient (Wildman–Crippen LogP) is 2.03. The van der Waals surface area contributed by atoms with Gasteiger partial charge in [0.05, 0.1) is 0 Å². The maximum absolute atomic E-state index is 3.52. The average Bonchev–Trinajstić information content (AvgIpc) is 2.88. The molecule has 4 rings (SSSR count). The Kier molecular flexibility index (Phi) is 1.71. The molecule has 1 aromatic carbocycles. The molecule has 0 saturated carbocycles. The molecule has 0 spiro atoms. The lowest BCUT2D eigenvalue weighted by atomic mass is 9.88. The summed E-state index contributed by atoms with van der Waals surface area (Å²) < 4.78 is 2.53. The van der Waals surface area contributed by atoms with Crippen molar-refractivity contribution in [2.24, 2.45) is 11.8 Å². The highest BCUT2D eigenvalue weighted by atomic mass is 15.0. The maximum Gasteiger partial charge on any atom is 0.0482 e. The third-order valence-electron chi connectivity index (χ3n) is 4.26. The Bertz CT molecular complexity index is 541. The van der Waals surface area contributed by atoms with Crippen LogP contribution in [0.2, 0.25) is 0 Å². The molecule has 1 N–H and O–H groups in total. The summed E-state index contributed by atoms with van der Waals surface area (Å²) in [7, 11) is 0. The normalized spacial score (nSPS) is 28.0. The van der Waals surface area contributed by atoms with Crippen LogP contribution in [-0.2, 0) is 13.0 Å². The first-order chi connectivity index (χ1) is 7.92. The van der Waals surface area contributed by atoms with Crippen LogP contribution in [0.1, 0.15) is 5.69 Å². The van der Waals surface area contributed by atoms with E-state index < -0.39 is 0 Å². The first-order valence-corrected chi connectivity index (χ1v) is 6.20. The number of fused-ring (bicyclic) bond motifs is 4. The minimum atomic E-state index is 0.850. The quantitative estimate of drug-likeness (QED) is 0.707. The summed E-state index contributed by atoms with van der Waals surface area (Å²) in [6, 6.07) is 11.1.